The van der Waals surface area contributed by atoms with Gasteiger partial charge in [0.15, 0.2) is 0 Å². The summed E-state index contributed by atoms with van der Waals surface area (Å²) < 4.78 is 0. The molecule has 3 heteroatoms. The molecule has 0 spiro atoms. The molecule has 3 nitrogen and oxygen atoms in total. The van der Waals surface area contributed by atoms with E-state index in [1.165, 1.54) is 4.90 Å². The number of allylic oxidation sites excluding steroid dienone is 1. The fourth-order valence-corrected chi connectivity index (χ4v) is 3.09. The highest BCUT2D eigenvalue weighted by Gasteiger charge is 2.39. The number of hydrogen-bond acceptors (Lipinski definition) is 2. The Morgan fingerprint density at radius 2 is 1.44 bits per heavy atom. The lowest BCUT2D eigenvalue weighted by atomic mass is 9.92. The summed E-state index contributed by atoms with van der Waals surface area (Å²) in [6.45, 7) is 7.64. The molecule has 0 radical (unpaired) electrons. The molecule has 1 aliphatic rings. The maximum Gasteiger partial charge on any atom is 0.262 e. The first-order valence-electron chi connectivity index (χ1n) is 8.15. The highest BCUT2D eigenvalue weighted by atomic mass is 16.2. The van der Waals surface area contributed by atoms with Crippen LogP contribution in [0, 0.1) is 0 Å². The Morgan fingerprint density at radius 3 is 2.12 bits per heavy atom. The monoisotopic (exact) mass is 329 g/mol. The number of rotatable bonds is 6. The van der Waals surface area contributed by atoms with E-state index in [9.17, 15) is 9.59 Å². The van der Waals surface area contributed by atoms with Crippen molar-refractivity contribution in [3.05, 3.63) is 96.6 Å². The van der Waals surface area contributed by atoms with E-state index in [2.05, 4.69) is 13.2 Å². The molecule has 0 aliphatic carbocycles. The Morgan fingerprint density at radius 1 is 0.800 bits per heavy atom. The highest BCUT2D eigenvalue weighted by Crippen LogP contribution is 2.37. The van der Waals surface area contributed by atoms with Crippen molar-refractivity contribution in [2.75, 3.05) is 6.54 Å². The van der Waals surface area contributed by atoms with Crippen molar-refractivity contribution in [1.29, 1.82) is 0 Å². The van der Waals surface area contributed by atoms with E-state index in [0.29, 0.717) is 17.6 Å². The van der Waals surface area contributed by atoms with Gasteiger partial charge in [0.2, 0.25) is 0 Å². The van der Waals surface area contributed by atoms with Gasteiger partial charge in [0, 0.05) is 6.54 Å². The summed E-state index contributed by atoms with van der Waals surface area (Å²) in [4.78, 5) is 27.2. The average molecular weight is 329 g/mol. The first kappa shape index (κ1) is 16.7. The summed E-state index contributed by atoms with van der Waals surface area (Å²) in [5, 5.41) is 0. The normalized spacial score (nSPS) is 14.2. The van der Waals surface area contributed by atoms with Gasteiger partial charge in [-0.1, -0.05) is 66.7 Å². The number of amides is 2. The zero-order valence-corrected chi connectivity index (χ0v) is 13.9. The van der Waals surface area contributed by atoms with Crippen molar-refractivity contribution in [2.45, 2.75) is 6.42 Å². The maximum absolute atomic E-state index is 13.0. The van der Waals surface area contributed by atoms with Crippen LogP contribution in [0.4, 0.5) is 0 Å². The number of hydrogen-bond donors (Lipinski definition) is 0. The average Bonchev–Trinajstić information content (AvgIpc) is 2.88. The van der Waals surface area contributed by atoms with Gasteiger partial charge in [0.25, 0.3) is 11.8 Å². The van der Waals surface area contributed by atoms with Gasteiger partial charge in [-0.3, -0.25) is 14.5 Å². The molecule has 1 aliphatic heterocycles. The lowest BCUT2D eigenvalue weighted by molar-refractivity contribution is -0.135. The largest absolute Gasteiger partial charge is 0.270 e. The minimum atomic E-state index is -0.278. The van der Waals surface area contributed by atoms with Gasteiger partial charge in [-0.15, -0.1) is 13.2 Å². The molecule has 0 saturated heterocycles. The molecule has 0 fully saturated rings. The van der Waals surface area contributed by atoms with Crippen molar-refractivity contribution in [2.24, 2.45) is 0 Å². The van der Waals surface area contributed by atoms with Crippen LogP contribution in [0.2, 0.25) is 0 Å². The molecule has 0 saturated carbocycles. The molecule has 0 N–H and O–H groups in total. The fraction of sp³-hybridized carbons (Fsp3) is 0.0909. The number of imide groups is 1. The second-order valence-electron chi connectivity index (χ2n) is 5.78. The number of benzene rings is 2. The molecule has 0 atom stereocenters. The molecular weight excluding hydrogens is 310 g/mol. The topological polar surface area (TPSA) is 37.4 Å². The molecule has 0 aromatic heterocycles. The van der Waals surface area contributed by atoms with Gasteiger partial charge in [0.1, 0.15) is 0 Å². The molecule has 2 amide bonds. The van der Waals surface area contributed by atoms with E-state index in [1.807, 2.05) is 54.6 Å². The van der Waals surface area contributed by atoms with Crippen LogP contribution in [0.5, 0.6) is 0 Å². The number of carbonyl (C=O) groups is 2. The molecule has 0 unspecified atom stereocenters. The molecule has 2 aromatic carbocycles. The van der Waals surface area contributed by atoms with E-state index in [-0.39, 0.29) is 18.4 Å². The summed E-state index contributed by atoms with van der Waals surface area (Å²) in [6, 6.07) is 17.0. The smallest absolute Gasteiger partial charge is 0.262 e. The predicted octanol–water partition coefficient (Wildman–Crippen LogP) is 3.88. The molecule has 25 heavy (non-hydrogen) atoms. The van der Waals surface area contributed by atoms with Crippen LogP contribution in [0.25, 0.3) is 11.1 Å². The second-order valence-corrected chi connectivity index (χ2v) is 5.78. The minimum absolute atomic E-state index is 0.196. The van der Waals surface area contributed by atoms with Crippen LogP contribution >= 0.6 is 0 Å². The Balaban J connectivity index is 2.26. The molecular formula is C22H19NO2. The SMILES string of the molecule is C=CCc1ccccc1C1=C(c2ccccc2)C(=O)N(CC=C)C1=O. The summed E-state index contributed by atoms with van der Waals surface area (Å²) in [6.07, 6.45) is 3.99. The van der Waals surface area contributed by atoms with Crippen molar-refractivity contribution in [1.82, 2.24) is 4.90 Å². The van der Waals surface area contributed by atoms with E-state index >= 15 is 0 Å². The number of carbonyl (C=O) groups excluding carboxylic acids is 2. The van der Waals surface area contributed by atoms with Crippen LogP contribution in [-0.4, -0.2) is 23.3 Å². The van der Waals surface area contributed by atoms with Gasteiger partial charge in [0.05, 0.1) is 11.1 Å². The van der Waals surface area contributed by atoms with E-state index < -0.39 is 0 Å². The van der Waals surface area contributed by atoms with Crippen LogP contribution in [-0.2, 0) is 16.0 Å². The zero-order chi connectivity index (χ0) is 17.8. The lowest BCUT2D eigenvalue weighted by Crippen LogP contribution is -2.31. The van der Waals surface area contributed by atoms with Crippen molar-refractivity contribution >= 4 is 23.0 Å². The van der Waals surface area contributed by atoms with Gasteiger partial charge >= 0.3 is 0 Å². The Hall–Kier alpha value is -3.20. The number of nitrogens with zero attached hydrogens (tertiary/aromatic N) is 1. The Bertz CT molecular complexity index is 878. The van der Waals surface area contributed by atoms with Crippen LogP contribution in [0.3, 0.4) is 0 Å². The lowest BCUT2D eigenvalue weighted by Gasteiger charge is -2.13. The first-order valence-corrected chi connectivity index (χ1v) is 8.15. The standard InChI is InChI=1S/C22H19NO2/c1-3-10-16-11-8-9-14-18(16)20-19(17-12-6-5-7-13-17)21(24)23(15-4-2)22(20)25/h3-9,11-14H,1-2,10,15H2. The second kappa shape index (κ2) is 7.14. The predicted molar refractivity (Wildman–Crippen MR) is 101 cm³/mol. The summed E-state index contributed by atoms with van der Waals surface area (Å²) in [5.41, 5.74) is 3.41. The van der Waals surface area contributed by atoms with Crippen LogP contribution in [0.15, 0.2) is 79.9 Å². The summed E-state index contributed by atoms with van der Waals surface area (Å²) in [7, 11) is 0. The third-order valence-electron chi connectivity index (χ3n) is 4.19. The summed E-state index contributed by atoms with van der Waals surface area (Å²) in [5.74, 6) is -0.556. The summed E-state index contributed by atoms with van der Waals surface area (Å²) >= 11 is 0. The Labute approximate surface area is 147 Å². The molecule has 1 heterocycles. The van der Waals surface area contributed by atoms with Crippen molar-refractivity contribution in [3.8, 4) is 0 Å². The molecule has 0 bridgehead atoms. The van der Waals surface area contributed by atoms with Gasteiger partial charge in [-0.25, -0.2) is 0 Å². The van der Waals surface area contributed by atoms with Gasteiger partial charge in [-0.05, 0) is 23.1 Å². The molecule has 2 aromatic rings. The van der Waals surface area contributed by atoms with E-state index in [0.717, 1.165) is 16.7 Å². The Kier molecular flexibility index (Phi) is 4.75. The van der Waals surface area contributed by atoms with Gasteiger partial charge < -0.3 is 0 Å². The quantitative estimate of drug-likeness (QED) is 0.596. The fourth-order valence-electron chi connectivity index (χ4n) is 3.09. The molecule has 124 valence electrons. The van der Waals surface area contributed by atoms with Crippen molar-refractivity contribution < 1.29 is 9.59 Å². The third kappa shape index (κ3) is 2.96. The van der Waals surface area contributed by atoms with Crippen LogP contribution < -0.4 is 0 Å². The third-order valence-corrected chi connectivity index (χ3v) is 4.19. The first-order chi connectivity index (χ1) is 12.2. The van der Waals surface area contributed by atoms with E-state index in [1.54, 1.807) is 12.2 Å². The van der Waals surface area contributed by atoms with Crippen LogP contribution in [0.1, 0.15) is 16.7 Å². The van der Waals surface area contributed by atoms with E-state index in [4.69, 9.17) is 0 Å². The van der Waals surface area contributed by atoms with Crippen molar-refractivity contribution in [3.63, 3.8) is 0 Å². The zero-order valence-electron chi connectivity index (χ0n) is 13.9. The minimum Gasteiger partial charge on any atom is -0.270 e. The highest BCUT2D eigenvalue weighted by molar-refractivity contribution is 6.49. The maximum atomic E-state index is 13.0. The molecule has 3 rings (SSSR count). The van der Waals surface area contributed by atoms with Gasteiger partial charge in [-0.2, -0.15) is 0 Å².